The van der Waals surface area contributed by atoms with E-state index in [0.29, 0.717) is 17.4 Å². The summed E-state index contributed by atoms with van der Waals surface area (Å²) in [4.78, 5) is 0. The summed E-state index contributed by atoms with van der Waals surface area (Å²) in [5, 5.41) is 6.51. The Kier molecular flexibility index (Phi) is 6.52. The molecule has 0 fully saturated rings. The normalized spacial score (nSPS) is 10.5. The number of anilines is 2. The second-order valence-electron chi connectivity index (χ2n) is 5.37. The molecule has 0 unspecified atom stereocenters. The van der Waals surface area contributed by atoms with Crippen molar-refractivity contribution in [2.24, 2.45) is 0 Å². The van der Waals surface area contributed by atoms with E-state index in [4.69, 9.17) is 17.0 Å². The zero-order valence-electron chi connectivity index (χ0n) is 14.2. The summed E-state index contributed by atoms with van der Waals surface area (Å²) in [6, 6.07) is 10.6. The molecule has 2 aromatic rings. The van der Waals surface area contributed by atoms with Gasteiger partial charge in [0.05, 0.1) is 6.61 Å². The zero-order chi connectivity index (χ0) is 18.4. The first-order chi connectivity index (χ1) is 11.9. The molecule has 0 saturated heterocycles. The Morgan fingerprint density at radius 2 is 1.84 bits per heavy atom. The average molecular weight is 366 g/mol. The molecule has 0 spiro atoms. The maximum atomic E-state index is 12.4. The summed E-state index contributed by atoms with van der Waals surface area (Å²) in [5.74, 6) is 0.206. The molecule has 25 heavy (non-hydrogen) atoms. The molecule has 0 saturated carbocycles. The standard InChI is InChI=1S/C18H20F2N2O2S/c1-4-23-16-10-13(6-8-15(16)24-17(19)20)21-18(25)22-14-7-5-11(2)9-12(14)3/h5-10,17H,4H2,1-3H3,(H2,21,22,25). The number of ether oxygens (including phenoxy) is 2. The van der Waals surface area contributed by atoms with Crippen LogP contribution in [-0.2, 0) is 0 Å². The maximum Gasteiger partial charge on any atom is 0.387 e. The Bertz CT molecular complexity index is 754. The van der Waals surface area contributed by atoms with Gasteiger partial charge in [0.2, 0.25) is 0 Å². The van der Waals surface area contributed by atoms with Crippen LogP contribution in [0, 0.1) is 13.8 Å². The summed E-state index contributed by atoms with van der Waals surface area (Å²) >= 11 is 5.31. The SMILES string of the molecule is CCOc1cc(NC(=S)Nc2ccc(C)cc2C)ccc1OC(F)F. The van der Waals surface area contributed by atoms with Crippen LogP contribution in [0.1, 0.15) is 18.1 Å². The molecular weight excluding hydrogens is 346 g/mol. The van der Waals surface area contributed by atoms with Gasteiger partial charge in [0.15, 0.2) is 16.6 Å². The molecule has 0 heterocycles. The number of benzene rings is 2. The smallest absolute Gasteiger partial charge is 0.387 e. The number of thiocarbonyl (C=S) groups is 1. The fraction of sp³-hybridized carbons (Fsp3) is 0.278. The summed E-state index contributed by atoms with van der Waals surface area (Å²) in [7, 11) is 0. The highest BCUT2D eigenvalue weighted by molar-refractivity contribution is 7.80. The van der Waals surface area contributed by atoms with Crippen LogP contribution in [0.2, 0.25) is 0 Å². The monoisotopic (exact) mass is 366 g/mol. The Morgan fingerprint density at radius 3 is 2.48 bits per heavy atom. The lowest BCUT2D eigenvalue weighted by Gasteiger charge is -2.15. The van der Waals surface area contributed by atoms with Gasteiger partial charge in [-0.15, -0.1) is 0 Å². The van der Waals surface area contributed by atoms with Crippen molar-refractivity contribution in [3.63, 3.8) is 0 Å². The highest BCUT2D eigenvalue weighted by Crippen LogP contribution is 2.32. The molecule has 0 aliphatic rings. The lowest BCUT2D eigenvalue weighted by molar-refractivity contribution is -0.0514. The van der Waals surface area contributed by atoms with E-state index < -0.39 is 6.61 Å². The third-order valence-electron chi connectivity index (χ3n) is 3.35. The maximum absolute atomic E-state index is 12.4. The van der Waals surface area contributed by atoms with Crippen LogP contribution in [0.5, 0.6) is 11.5 Å². The molecule has 0 radical (unpaired) electrons. The number of alkyl halides is 2. The Labute approximate surface area is 151 Å². The largest absolute Gasteiger partial charge is 0.490 e. The van der Waals surface area contributed by atoms with Gasteiger partial charge in [-0.3, -0.25) is 0 Å². The first-order valence-electron chi connectivity index (χ1n) is 7.76. The van der Waals surface area contributed by atoms with Crippen molar-refractivity contribution in [1.29, 1.82) is 0 Å². The van der Waals surface area contributed by atoms with Crippen molar-refractivity contribution in [2.75, 3.05) is 17.2 Å². The van der Waals surface area contributed by atoms with Crippen molar-refractivity contribution < 1.29 is 18.3 Å². The third-order valence-corrected chi connectivity index (χ3v) is 3.55. The lowest BCUT2D eigenvalue weighted by Crippen LogP contribution is -2.19. The van der Waals surface area contributed by atoms with Gasteiger partial charge < -0.3 is 20.1 Å². The number of aryl methyl sites for hydroxylation is 2. The molecule has 0 atom stereocenters. The quantitative estimate of drug-likeness (QED) is 0.695. The first-order valence-corrected chi connectivity index (χ1v) is 8.16. The fourth-order valence-electron chi connectivity index (χ4n) is 2.29. The Balaban J connectivity index is 2.10. The minimum absolute atomic E-state index is 0.0179. The molecule has 2 N–H and O–H groups in total. The molecule has 2 rings (SSSR count). The van der Waals surface area contributed by atoms with E-state index >= 15 is 0 Å². The molecule has 134 valence electrons. The van der Waals surface area contributed by atoms with Crippen molar-refractivity contribution in [1.82, 2.24) is 0 Å². The van der Waals surface area contributed by atoms with Gasteiger partial charge in [-0.2, -0.15) is 8.78 Å². The van der Waals surface area contributed by atoms with Gasteiger partial charge in [0.1, 0.15) is 0 Å². The average Bonchev–Trinajstić information content (AvgIpc) is 2.52. The van der Waals surface area contributed by atoms with Crippen LogP contribution in [0.25, 0.3) is 0 Å². The van der Waals surface area contributed by atoms with Gasteiger partial charge in [-0.25, -0.2) is 0 Å². The van der Waals surface area contributed by atoms with Crippen LogP contribution >= 0.6 is 12.2 Å². The van der Waals surface area contributed by atoms with Crippen LogP contribution in [0.4, 0.5) is 20.2 Å². The summed E-state index contributed by atoms with van der Waals surface area (Å²) in [6.07, 6.45) is 0. The van der Waals surface area contributed by atoms with Crippen molar-refractivity contribution in [3.8, 4) is 11.5 Å². The highest BCUT2D eigenvalue weighted by Gasteiger charge is 2.12. The van der Waals surface area contributed by atoms with Crippen molar-refractivity contribution in [2.45, 2.75) is 27.4 Å². The number of hydrogen-bond donors (Lipinski definition) is 2. The highest BCUT2D eigenvalue weighted by atomic mass is 32.1. The van der Waals surface area contributed by atoms with Crippen LogP contribution in [-0.4, -0.2) is 18.3 Å². The number of rotatable bonds is 6. The van der Waals surface area contributed by atoms with Gasteiger partial charge in [-0.1, -0.05) is 17.7 Å². The zero-order valence-corrected chi connectivity index (χ0v) is 15.0. The Hall–Kier alpha value is -2.41. The van der Waals surface area contributed by atoms with E-state index in [9.17, 15) is 8.78 Å². The van der Waals surface area contributed by atoms with Crippen LogP contribution in [0.15, 0.2) is 36.4 Å². The molecule has 4 nitrogen and oxygen atoms in total. The lowest BCUT2D eigenvalue weighted by atomic mass is 10.1. The second-order valence-corrected chi connectivity index (χ2v) is 5.78. The van der Waals surface area contributed by atoms with Gasteiger partial charge in [-0.05, 0) is 56.8 Å². The number of hydrogen-bond acceptors (Lipinski definition) is 3. The summed E-state index contributed by atoms with van der Waals surface area (Å²) < 4.78 is 34.7. The van der Waals surface area contributed by atoms with Gasteiger partial charge in [0, 0.05) is 17.4 Å². The van der Waals surface area contributed by atoms with E-state index in [0.717, 1.165) is 16.8 Å². The molecule has 0 aromatic heterocycles. The summed E-state index contributed by atoms with van der Waals surface area (Å²) in [6.45, 7) is 3.19. The molecule has 0 amide bonds. The molecule has 0 bridgehead atoms. The van der Waals surface area contributed by atoms with Gasteiger partial charge >= 0.3 is 6.61 Å². The Morgan fingerprint density at radius 1 is 1.08 bits per heavy atom. The van der Waals surface area contributed by atoms with E-state index in [1.807, 2.05) is 26.0 Å². The third kappa shape index (κ3) is 5.56. The summed E-state index contributed by atoms with van der Waals surface area (Å²) in [5.41, 5.74) is 3.73. The van der Waals surface area contributed by atoms with E-state index in [1.165, 1.54) is 6.07 Å². The first kappa shape index (κ1) is 18.9. The topological polar surface area (TPSA) is 42.5 Å². The van der Waals surface area contributed by atoms with Crippen LogP contribution < -0.4 is 20.1 Å². The molecule has 7 heteroatoms. The van der Waals surface area contributed by atoms with Crippen molar-refractivity contribution in [3.05, 3.63) is 47.5 Å². The predicted molar refractivity (Wildman–Crippen MR) is 100 cm³/mol. The molecule has 2 aromatic carbocycles. The predicted octanol–water partition coefficient (Wildman–Crippen LogP) is 5.11. The van der Waals surface area contributed by atoms with Crippen LogP contribution in [0.3, 0.4) is 0 Å². The number of halogens is 2. The van der Waals surface area contributed by atoms with E-state index in [1.54, 1.807) is 19.1 Å². The van der Waals surface area contributed by atoms with Crippen molar-refractivity contribution >= 4 is 28.7 Å². The second kappa shape index (κ2) is 8.62. The molecule has 0 aliphatic carbocycles. The minimum atomic E-state index is -2.91. The number of nitrogens with one attached hydrogen (secondary N) is 2. The van der Waals surface area contributed by atoms with E-state index in [2.05, 4.69) is 21.4 Å². The minimum Gasteiger partial charge on any atom is -0.490 e. The molecule has 0 aliphatic heterocycles. The van der Waals surface area contributed by atoms with E-state index in [-0.39, 0.29) is 11.5 Å². The fourth-order valence-corrected chi connectivity index (χ4v) is 2.51. The van der Waals surface area contributed by atoms with Gasteiger partial charge in [0.25, 0.3) is 0 Å². The molecular formula is C18H20F2N2O2S.